The number of hydrogen-bond acceptors (Lipinski definition) is 6. The molecule has 0 rings (SSSR count). The molecule has 0 radical (unpaired) electrons. The molecule has 4 unspecified atom stereocenters. The third-order valence-corrected chi connectivity index (χ3v) is 1.72. The summed E-state index contributed by atoms with van der Waals surface area (Å²) in [7, 11) is 0. The molecule has 0 amide bonds. The lowest BCUT2D eigenvalue weighted by atomic mass is 10.0. The zero-order chi connectivity index (χ0) is 11.1. The van der Waals surface area contributed by atoms with Crippen LogP contribution in [-0.4, -0.2) is 69.3 Å². The smallest absolute Gasteiger partial charge is 0.117 e. The van der Waals surface area contributed by atoms with Crippen LogP contribution >= 0.6 is 0 Å². The molecule has 84 valence electrons. The monoisotopic (exact) mass is 207 g/mol. The molecule has 0 saturated carbocycles. The van der Waals surface area contributed by atoms with Crippen LogP contribution in [0.5, 0.6) is 0 Å². The van der Waals surface area contributed by atoms with Gasteiger partial charge >= 0.3 is 0 Å². The molecule has 6 heteroatoms. The maximum Gasteiger partial charge on any atom is 0.117 e. The standard InChI is InChI=1S/C8H17NO5/c1-2-9-3-5(11)7(13)8(14)6(12)4-10/h3,5-8,10-14H,2,4H2,1H3. The van der Waals surface area contributed by atoms with Gasteiger partial charge in [-0.05, 0) is 6.92 Å². The molecule has 14 heavy (non-hydrogen) atoms. The number of nitrogens with zero attached hydrogens (tertiary/aromatic N) is 1. The summed E-state index contributed by atoms with van der Waals surface area (Å²) in [5.74, 6) is 0. The predicted molar refractivity (Wildman–Crippen MR) is 50.1 cm³/mol. The van der Waals surface area contributed by atoms with Crippen LogP contribution in [0, 0.1) is 0 Å². The van der Waals surface area contributed by atoms with Gasteiger partial charge in [0.25, 0.3) is 0 Å². The summed E-state index contributed by atoms with van der Waals surface area (Å²) in [5.41, 5.74) is 0. The van der Waals surface area contributed by atoms with Gasteiger partial charge in [0.15, 0.2) is 0 Å². The van der Waals surface area contributed by atoms with Crippen LogP contribution in [0.4, 0.5) is 0 Å². The van der Waals surface area contributed by atoms with Gasteiger partial charge in [-0.15, -0.1) is 0 Å². The van der Waals surface area contributed by atoms with E-state index in [4.69, 9.17) is 10.2 Å². The van der Waals surface area contributed by atoms with Crippen molar-refractivity contribution in [3.05, 3.63) is 0 Å². The van der Waals surface area contributed by atoms with Crippen molar-refractivity contribution >= 4 is 6.21 Å². The molecule has 4 atom stereocenters. The van der Waals surface area contributed by atoms with Crippen molar-refractivity contribution in [2.45, 2.75) is 31.3 Å². The summed E-state index contributed by atoms with van der Waals surface area (Å²) in [5, 5.41) is 45.1. The lowest BCUT2D eigenvalue weighted by molar-refractivity contribution is -0.0999. The lowest BCUT2D eigenvalue weighted by Crippen LogP contribution is -2.46. The first-order chi connectivity index (χ1) is 6.54. The fourth-order valence-electron chi connectivity index (χ4n) is 0.839. The third kappa shape index (κ3) is 4.12. The number of rotatable bonds is 6. The molecule has 6 nitrogen and oxygen atoms in total. The minimum absolute atomic E-state index is 0.447. The lowest BCUT2D eigenvalue weighted by Gasteiger charge is -2.23. The molecule has 0 saturated heterocycles. The molecule has 0 spiro atoms. The Bertz CT molecular complexity index is 175. The van der Waals surface area contributed by atoms with Crippen molar-refractivity contribution in [3.8, 4) is 0 Å². The van der Waals surface area contributed by atoms with E-state index in [-0.39, 0.29) is 0 Å². The van der Waals surface area contributed by atoms with Crippen LogP contribution in [0.25, 0.3) is 0 Å². The fourth-order valence-corrected chi connectivity index (χ4v) is 0.839. The second kappa shape index (κ2) is 6.86. The highest BCUT2D eigenvalue weighted by molar-refractivity contribution is 5.63. The summed E-state index contributed by atoms with van der Waals surface area (Å²) in [6, 6.07) is 0. The van der Waals surface area contributed by atoms with Crippen molar-refractivity contribution in [2.24, 2.45) is 4.99 Å². The van der Waals surface area contributed by atoms with Crippen molar-refractivity contribution in [1.82, 2.24) is 0 Å². The van der Waals surface area contributed by atoms with Crippen LogP contribution in [0.1, 0.15) is 6.92 Å². The minimum Gasteiger partial charge on any atom is -0.394 e. The Morgan fingerprint density at radius 2 is 1.71 bits per heavy atom. The molecule has 0 aromatic carbocycles. The zero-order valence-corrected chi connectivity index (χ0v) is 7.98. The van der Waals surface area contributed by atoms with E-state index in [0.29, 0.717) is 6.54 Å². The normalized spacial score (nSPS) is 20.7. The van der Waals surface area contributed by atoms with Crippen molar-refractivity contribution < 1.29 is 25.5 Å². The first kappa shape index (κ1) is 13.5. The van der Waals surface area contributed by atoms with E-state index in [1.165, 1.54) is 0 Å². The highest BCUT2D eigenvalue weighted by Crippen LogP contribution is 2.03. The van der Waals surface area contributed by atoms with E-state index in [9.17, 15) is 15.3 Å². The summed E-state index contributed by atoms with van der Waals surface area (Å²) in [6.07, 6.45) is -4.91. The van der Waals surface area contributed by atoms with Gasteiger partial charge < -0.3 is 25.5 Å². The molecule has 0 aliphatic rings. The second-order valence-corrected chi connectivity index (χ2v) is 2.87. The van der Waals surface area contributed by atoms with E-state index in [2.05, 4.69) is 4.99 Å². The van der Waals surface area contributed by atoms with Gasteiger partial charge in [0, 0.05) is 12.8 Å². The third-order valence-electron chi connectivity index (χ3n) is 1.72. The van der Waals surface area contributed by atoms with Gasteiger partial charge in [-0.3, -0.25) is 4.99 Å². The Balaban J connectivity index is 4.15. The summed E-state index contributed by atoms with van der Waals surface area (Å²) in [4.78, 5) is 3.67. The van der Waals surface area contributed by atoms with E-state index >= 15 is 0 Å². The molecule has 0 fully saturated rings. The van der Waals surface area contributed by atoms with E-state index in [1.807, 2.05) is 0 Å². The highest BCUT2D eigenvalue weighted by atomic mass is 16.4. The van der Waals surface area contributed by atoms with E-state index < -0.39 is 31.0 Å². The van der Waals surface area contributed by atoms with Crippen molar-refractivity contribution in [3.63, 3.8) is 0 Å². The average Bonchev–Trinajstić information content (AvgIpc) is 2.22. The van der Waals surface area contributed by atoms with Gasteiger partial charge in [-0.2, -0.15) is 0 Å². The largest absolute Gasteiger partial charge is 0.394 e. The minimum atomic E-state index is -1.60. The molecule has 0 aliphatic heterocycles. The maximum atomic E-state index is 9.25. The Labute approximate surface area is 82.2 Å². The molecular weight excluding hydrogens is 190 g/mol. The van der Waals surface area contributed by atoms with Gasteiger partial charge in [0.05, 0.1) is 6.61 Å². The van der Waals surface area contributed by atoms with Crippen molar-refractivity contribution in [1.29, 1.82) is 0 Å². The quantitative estimate of drug-likeness (QED) is 0.309. The number of aliphatic hydroxyl groups excluding tert-OH is 5. The Morgan fingerprint density at radius 1 is 1.14 bits per heavy atom. The Kier molecular flexibility index (Phi) is 6.60. The van der Waals surface area contributed by atoms with Gasteiger partial charge in [0.2, 0.25) is 0 Å². The van der Waals surface area contributed by atoms with Crippen LogP contribution in [0.15, 0.2) is 4.99 Å². The Hall–Kier alpha value is -0.530. The van der Waals surface area contributed by atoms with Crippen LogP contribution in [0.2, 0.25) is 0 Å². The summed E-state index contributed by atoms with van der Waals surface area (Å²) >= 11 is 0. The SMILES string of the molecule is CCN=CC(O)C(O)C(O)C(O)CO. The van der Waals surface area contributed by atoms with E-state index in [1.54, 1.807) is 6.92 Å². The first-order valence-corrected chi connectivity index (χ1v) is 4.37. The zero-order valence-electron chi connectivity index (χ0n) is 7.98. The van der Waals surface area contributed by atoms with Crippen LogP contribution < -0.4 is 0 Å². The molecule has 0 aromatic heterocycles. The highest BCUT2D eigenvalue weighted by Gasteiger charge is 2.28. The number of aliphatic hydroxyl groups is 5. The number of aliphatic imine (C=N–C) groups is 1. The average molecular weight is 207 g/mol. The molecule has 0 bridgehead atoms. The molecule has 0 aliphatic carbocycles. The fraction of sp³-hybridized carbons (Fsp3) is 0.875. The van der Waals surface area contributed by atoms with Gasteiger partial charge in [-0.1, -0.05) is 0 Å². The Morgan fingerprint density at radius 3 is 2.14 bits per heavy atom. The molecule has 5 N–H and O–H groups in total. The van der Waals surface area contributed by atoms with E-state index in [0.717, 1.165) is 6.21 Å². The van der Waals surface area contributed by atoms with Crippen LogP contribution in [0.3, 0.4) is 0 Å². The molecule has 0 heterocycles. The van der Waals surface area contributed by atoms with Crippen molar-refractivity contribution in [2.75, 3.05) is 13.2 Å². The van der Waals surface area contributed by atoms with Gasteiger partial charge in [0.1, 0.15) is 24.4 Å². The molecule has 0 aromatic rings. The summed E-state index contributed by atoms with van der Waals surface area (Å²) < 4.78 is 0. The second-order valence-electron chi connectivity index (χ2n) is 2.87. The topological polar surface area (TPSA) is 114 Å². The summed E-state index contributed by atoms with van der Waals surface area (Å²) in [6.45, 7) is 1.51. The molecular formula is C8H17NO5. The number of hydrogen-bond donors (Lipinski definition) is 5. The maximum absolute atomic E-state index is 9.25. The predicted octanol–water partition coefficient (Wildman–Crippen LogP) is -2.49. The van der Waals surface area contributed by atoms with Gasteiger partial charge in [-0.25, -0.2) is 0 Å². The first-order valence-electron chi connectivity index (χ1n) is 4.37. The van der Waals surface area contributed by atoms with Crippen LogP contribution in [-0.2, 0) is 0 Å².